The summed E-state index contributed by atoms with van der Waals surface area (Å²) in [5, 5.41) is 8.85. The largest absolute Gasteiger partial charge is 0.480 e. The van der Waals surface area contributed by atoms with E-state index < -0.39 is 51.1 Å². The van der Waals surface area contributed by atoms with Crippen LogP contribution in [0.15, 0.2) is 72.9 Å². The third-order valence-corrected chi connectivity index (χ3v) is 8.39. The molecule has 0 aromatic heterocycles. The van der Waals surface area contributed by atoms with Crippen LogP contribution in [0.5, 0.6) is 0 Å². The van der Waals surface area contributed by atoms with Crippen LogP contribution in [0.25, 0.3) is 0 Å². The van der Waals surface area contributed by atoms with Crippen molar-refractivity contribution in [1.29, 1.82) is 0 Å². The van der Waals surface area contributed by atoms with E-state index in [1.165, 1.54) is 12.8 Å². The molecule has 296 valence electrons. The van der Waals surface area contributed by atoms with E-state index >= 15 is 0 Å². The molecule has 0 saturated carbocycles. The first-order valence-electron chi connectivity index (χ1n) is 19.0. The second-order valence-corrected chi connectivity index (χ2v) is 13.8. The SMILES string of the molecule is CC/C=C\C/C=C\C/C=C\C/C=C\C/C=C\CCCC(=O)OC[C@H](COP(=O)(O)OC[C@H](N)C(=O)O)OC(=O)CCCCCCC/C=C\CCCC. The number of carboxylic acid groups (broad SMARTS) is 1. The molecule has 0 rings (SSSR count). The number of aliphatic carboxylic acids is 1. The number of phosphoric acid groups is 1. The molecule has 0 fully saturated rings. The van der Waals surface area contributed by atoms with Crippen molar-refractivity contribution in [2.45, 2.75) is 142 Å². The van der Waals surface area contributed by atoms with Gasteiger partial charge in [0.2, 0.25) is 0 Å². The molecule has 11 nitrogen and oxygen atoms in total. The molecule has 0 saturated heterocycles. The molecule has 52 heavy (non-hydrogen) atoms. The highest BCUT2D eigenvalue weighted by Crippen LogP contribution is 2.43. The Bertz CT molecular complexity index is 1160. The van der Waals surface area contributed by atoms with Gasteiger partial charge in [0, 0.05) is 12.8 Å². The standard InChI is InChI=1S/C40H66NO10P/c1-3-5-7-9-11-13-15-16-17-18-19-20-22-23-25-27-29-31-38(42)48-33-36(34-49-52(46,47)50-35-37(41)40(44)45)51-39(43)32-30-28-26-24-21-14-12-10-8-6-4-2/h5,7,10-13,16-17,19-20,23,25,36-37H,3-4,6,8-9,14-15,18,21-22,24,26-35,41H2,1-2H3,(H,44,45)(H,46,47)/b7-5-,12-10-,13-11-,17-16-,20-19-,25-23-/t36-,37+/m1/s1. The Morgan fingerprint density at radius 2 is 1.10 bits per heavy atom. The predicted molar refractivity (Wildman–Crippen MR) is 207 cm³/mol. The van der Waals surface area contributed by atoms with Gasteiger partial charge in [-0.25, -0.2) is 4.57 Å². The summed E-state index contributed by atoms with van der Waals surface area (Å²) in [6, 6.07) is -1.53. The highest BCUT2D eigenvalue weighted by atomic mass is 31.2. The lowest BCUT2D eigenvalue weighted by Gasteiger charge is -2.20. The maximum Gasteiger partial charge on any atom is 0.472 e. The lowest BCUT2D eigenvalue weighted by Crippen LogP contribution is -2.34. The van der Waals surface area contributed by atoms with Crippen LogP contribution < -0.4 is 5.73 Å². The number of hydrogen-bond acceptors (Lipinski definition) is 9. The van der Waals surface area contributed by atoms with Crippen molar-refractivity contribution in [3.05, 3.63) is 72.9 Å². The van der Waals surface area contributed by atoms with Gasteiger partial charge in [-0.3, -0.25) is 23.4 Å². The van der Waals surface area contributed by atoms with Gasteiger partial charge in [0.05, 0.1) is 13.2 Å². The Balaban J connectivity index is 4.55. The monoisotopic (exact) mass is 751 g/mol. The molecule has 0 aliphatic carbocycles. The summed E-state index contributed by atoms with van der Waals surface area (Å²) in [6.45, 7) is 2.54. The number of carboxylic acids is 1. The quantitative estimate of drug-likeness (QED) is 0.0248. The van der Waals surface area contributed by atoms with Crippen molar-refractivity contribution in [3.8, 4) is 0 Å². The van der Waals surface area contributed by atoms with Crippen molar-refractivity contribution in [2.75, 3.05) is 19.8 Å². The molecule has 0 bridgehead atoms. The molecule has 4 N–H and O–H groups in total. The first-order chi connectivity index (χ1) is 25.1. The maximum absolute atomic E-state index is 12.5. The molecule has 0 radical (unpaired) electrons. The fourth-order valence-electron chi connectivity index (χ4n) is 4.43. The molecule has 0 amide bonds. The Kier molecular flexibility index (Phi) is 32.9. The van der Waals surface area contributed by atoms with E-state index in [4.69, 9.17) is 24.8 Å². The third-order valence-electron chi connectivity index (χ3n) is 7.44. The van der Waals surface area contributed by atoms with Crippen molar-refractivity contribution in [1.82, 2.24) is 0 Å². The van der Waals surface area contributed by atoms with Crippen LogP contribution in [-0.2, 0) is 37.5 Å². The first kappa shape index (κ1) is 48.9. The number of carbonyl (C=O) groups is 3. The Morgan fingerprint density at radius 3 is 1.69 bits per heavy atom. The molecule has 0 aliphatic rings. The molecular weight excluding hydrogens is 685 g/mol. The van der Waals surface area contributed by atoms with Crippen molar-refractivity contribution >= 4 is 25.7 Å². The minimum absolute atomic E-state index is 0.134. The normalized spacial score (nSPS) is 14.7. The van der Waals surface area contributed by atoms with Gasteiger partial charge >= 0.3 is 25.7 Å². The van der Waals surface area contributed by atoms with E-state index in [9.17, 15) is 23.8 Å². The number of carbonyl (C=O) groups excluding carboxylic acids is 2. The number of unbranched alkanes of at least 4 members (excludes halogenated alkanes) is 8. The van der Waals surface area contributed by atoms with Gasteiger partial charge < -0.3 is 25.2 Å². The summed E-state index contributed by atoms with van der Waals surface area (Å²) in [4.78, 5) is 45.7. The summed E-state index contributed by atoms with van der Waals surface area (Å²) in [6.07, 6.45) is 39.9. The zero-order valence-electron chi connectivity index (χ0n) is 31.6. The van der Waals surface area contributed by atoms with E-state index in [0.29, 0.717) is 19.3 Å². The predicted octanol–water partition coefficient (Wildman–Crippen LogP) is 9.39. The molecule has 0 spiro atoms. The van der Waals surface area contributed by atoms with Gasteiger partial charge in [0.15, 0.2) is 6.10 Å². The van der Waals surface area contributed by atoms with E-state index in [2.05, 4.69) is 79.1 Å². The van der Waals surface area contributed by atoms with Crippen molar-refractivity contribution in [3.63, 3.8) is 0 Å². The topological polar surface area (TPSA) is 172 Å². The van der Waals surface area contributed by atoms with E-state index in [-0.39, 0.29) is 19.4 Å². The van der Waals surface area contributed by atoms with Gasteiger partial charge in [-0.15, -0.1) is 0 Å². The van der Waals surface area contributed by atoms with Crippen molar-refractivity contribution < 1.29 is 47.5 Å². The minimum Gasteiger partial charge on any atom is -0.480 e. The van der Waals surface area contributed by atoms with E-state index in [1.54, 1.807) is 0 Å². The molecule has 1 unspecified atom stereocenters. The molecule has 0 aliphatic heterocycles. The second-order valence-electron chi connectivity index (χ2n) is 12.3. The smallest absolute Gasteiger partial charge is 0.472 e. The summed E-state index contributed by atoms with van der Waals surface area (Å²) in [5.74, 6) is -2.48. The molecular formula is C40H66NO10P. The minimum atomic E-state index is -4.73. The number of allylic oxidation sites excluding steroid dienone is 12. The lowest BCUT2D eigenvalue weighted by molar-refractivity contribution is -0.161. The van der Waals surface area contributed by atoms with Gasteiger partial charge in [0.25, 0.3) is 0 Å². The zero-order valence-corrected chi connectivity index (χ0v) is 32.5. The van der Waals surface area contributed by atoms with E-state index in [1.807, 2.05) is 12.2 Å². The Morgan fingerprint density at radius 1 is 0.615 bits per heavy atom. The van der Waals surface area contributed by atoms with Crippen LogP contribution >= 0.6 is 7.82 Å². The van der Waals surface area contributed by atoms with Crippen LogP contribution in [-0.4, -0.2) is 59.9 Å². The Hall–Kier alpha value is -3.08. The number of nitrogens with two attached hydrogens (primary N) is 1. The third kappa shape index (κ3) is 34.0. The molecule has 0 heterocycles. The van der Waals surface area contributed by atoms with Crippen LogP contribution in [0.3, 0.4) is 0 Å². The average Bonchev–Trinajstić information content (AvgIpc) is 3.12. The number of phosphoric ester groups is 1. The van der Waals surface area contributed by atoms with Crippen LogP contribution in [0.1, 0.15) is 129 Å². The number of hydrogen-bond donors (Lipinski definition) is 3. The average molecular weight is 752 g/mol. The Labute approximate surface area is 312 Å². The van der Waals surface area contributed by atoms with Gasteiger partial charge in [-0.2, -0.15) is 0 Å². The molecule has 0 aromatic rings. The summed E-state index contributed by atoms with van der Waals surface area (Å²) >= 11 is 0. The summed E-state index contributed by atoms with van der Waals surface area (Å²) in [7, 11) is -4.73. The van der Waals surface area contributed by atoms with Crippen LogP contribution in [0.2, 0.25) is 0 Å². The number of rotatable bonds is 34. The van der Waals surface area contributed by atoms with E-state index in [0.717, 1.165) is 70.6 Å². The summed E-state index contributed by atoms with van der Waals surface area (Å²) in [5.41, 5.74) is 5.31. The second kappa shape index (κ2) is 35.0. The molecule has 3 atom stereocenters. The van der Waals surface area contributed by atoms with Gasteiger partial charge in [0.1, 0.15) is 12.6 Å². The fraction of sp³-hybridized carbons (Fsp3) is 0.625. The first-order valence-corrected chi connectivity index (χ1v) is 20.5. The van der Waals surface area contributed by atoms with Crippen LogP contribution in [0, 0.1) is 0 Å². The van der Waals surface area contributed by atoms with Gasteiger partial charge in [-0.05, 0) is 70.6 Å². The van der Waals surface area contributed by atoms with Crippen LogP contribution in [0.4, 0.5) is 0 Å². The fourth-order valence-corrected chi connectivity index (χ4v) is 5.21. The zero-order chi connectivity index (χ0) is 38.5. The highest BCUT2D eigenvalue weighted by molar-refractivity contribution is 7.47. The maximum atomic E-state index is 12.5. The van der Waals surface area contributed by atoms with Gasteiger partial charge in [-0.1, -0.05) is 119 Å². The summed E-state index contributed by atoms with van der Waals surface area (Å²) < 4.78 is 32.5. The molecule has 0 aromatic carbocycles. The molecule has 12 heteroatoms. The lowest BCUT2D eigenvalue weighted by atomic mass is 10.1. The number of ether oxygens (including phenoxy) is 2. The number of esters is 2. The van der Waals surface area contributed by atoms with Crippen molar-refractivity contribution in [2.24, 2.45) is 5.73 Å². The highest BCUT2D eigenvalue weighted by Gasteiger charge is 2.28.